The van der Waals surface area contributed by atoms with Crippen LogP contribution in [0.3, 0.4) is 0 Å². The first kappa shape index (κ1) is 19.6. The predicted molar refractivity (Wildman–Crippen MR) is 97.4 cm³/mol. The fourth-order valence-corrected chi connectivity index (χ4v) is 4.49. The summed E-state index contributed by atoms with van der Waals surface area (Å²) in [7, 11) is 0. The molecule has 2 saturated heterocycles. The van der Waals surface area contributed by atoms with Crippen LogP contribution >= 0.6 is 0 Å². The molecule has 1 saturated carbocycles. The van der Waals surface area contributed by atoms with Gasteiger partial charge >= 0.3 is 0 Å². The summed E-state index contributed by atoms with van der Waals surface area (Å²) >= 11 is 0. The summed E-state index contributed by atoms with van der Waals surface area (Å²) in [6.07, 6.45) is 2.24. The number of rotatable bonds is 4. The number of likely N-dealkylation sites (tertiary alicyclic amines) is 1. The monoisotopic (exact) mass is 367 g/mol. The fourth-order valence-electron chi connectivity index (χ4n) is 4.49. The summed E-state index contributed by atoms with van der Waals surface area (Å²) in [5, 5.41) is 0. The molecule has 2 aliphatic heterocycles. The Labute approximate surface area is 156 Å². The maximum atomic E-state index is 13.2. The molecule has 3 atom stereocenters. The van der Waals surface area contributed by atoms with Gasteiger partial charge in [0.1, 0.15) is 5.54 Å². The Kier molecular flexibility index (Phi) is 5.61. The summed E-state index contributed by atoms with van der Waals surface area (Å²) in [6, 6.07) is 0. The van der Waals surface area contributed by atoms with E-state index in [0.29, 0.717) is 52.4 Å². The molecule has 2 heterocycles. The van der Waals surface area contributed by atoms with E-state index in [1.807, 2.05) is 30.6 Å². The van der Waals surface area contributed by atoms with Crippen molar-refractivity contribution in [2.75, 3.05) is 46.0 Å². The first-order chi connectivity index (χ1) is 12.3. The number of piperidine rings is 1. The molecule has 0 radical (unpaired) electrons. The van der Waals surface area contributed by atoms with Gasteiger partial charge in [-0.1, -0.05) is 13.8 Å². The van der Waals surface area contributed by atoms with Gasteiger partial charge in [-0.25, -0.2) is 0 Å². The lowest BCUT2D eigenvalue weighted by molar-refractivity contribution is -0.181. The average molecular weight is 367 g/mol. The summed E-state index contributed by atoms with van der Waals surface area (Å²) in [6.45, 7) is 10.2. The summed E-state index contributed by atoms with van der Waals surface area (Å²) in [5.74, 6) is -0.00450. The summed E-state index contributed by atoms with van der Waals surface area (Å²) < 4.78 is 11.1. The zero-order valence-electron chi connectivity index (χ0n) is 16.3. The van der Waals surface area contributed by atoms with E-state index in [2.05, 4.69) is 0 Å². The lowest BCUT2D eigenvalue weighted by Gasteiger charge is -2.59. The molecule has 2 amide bonds. The molecule has 2 N–H and O–H groups in total. The lowest BCUT2D eigenvalue weighted by atomic mass is 9.54. The van der Waals surface area contributed by atoms with Crippen LogP contribution in [0.15, 0.2) is 0 Å². The SMILES string of the molecule is CCOC1CC(N)(C(=O)N2CCCC(C(=O)N3CCOCC3)C2)C1(C)C. The van der Waals surface area contributed by atoms with Gasteiger partial charge in [-0.2, -0.15) is 0 Å². The number of ether oxygens (including phenoxy) is 2. The van der Waals surface area contributed by atoms with Gasteiger partial charge in [-0.05, 0) is 19.8 Å². The van der Waals surface area contributed by atoms with E-state index in [9.17, 15) is 9.59 Å². The van der Waals surface area contributed by atoms with Gasteiger partial charge in [0.25, 0.3) is 0 Å². The molecule has 3 aliphatic rings. The highest BCUT2D eigenvalue weighted by molar-refractivity contribution is 5.89. The summed E-state index contributed by atoms with van der Waals surface area (Å²) in [5.41, 5.74) is 5.25. The molecule has 0 aromatic carbocycles. The Morgan fingerprint density at radius 1 is 1.19 bits per heavy atom. The van der Waals surface area contributed by atoms with Gasteiger partial charge in [0.2, 0.25) is 11.8 Å². The van der Waals surface area contributed by atoms with E-state index >= 15 is 0 Å². The minimum Gasteiger partial charge on any atom is -0.378 e. The van der Waals surface area contributed by atoms with Crippen LogP contribution < -0.4 is 5.73 Å². The number of carbonyl (C=O) groups is 2. The molecule has 0 aromatic rings. The molecule has 3 fully saturated rings. The zero-order chi connectivity index (χ0) is 18.9. The van der Waals surface area contributed by atoms with E-state index in [1.165, 1.54) is 0 Å². The minimum absolute atomic E-state index is 0.0111. The maximum Gasteiger partial charge on any atom is 0.243 e. The van der Waals surface area contributed by atoms with Crippen molar-refractivity contribution in [2.45, 2.75) is 51.7 Å². The lowest BCUT2D eigenvalue weighted by Crippen LogP contribution is -2.76. The number of morpholine rings is 1. The Morgan fingerprint density at radius 3 is 2.50 bits per heavy atom. The van der Waals surface area contributed by atoms with E-state index in [-0.39, 0.29) is 23.8 Å². The second-order valence-electron chi connectivity index (χ2n) is 8.37. The van der Waals surface area contributed by atoms with Gasteiger partial charge < -0.3 is 25.0 Å². The number of nitrogens with zero attached hydrogens (tertiary/aromatic N) is 2. The van der Waals surface area contributed by atoms with Crippen LogP contribution in [-0.2, 0) is 19.1 Å². The maximum absolute atomic E-state index is 13.2. The fraction of sp³-hybridized carbons (Fsp3) is 0.895. The van der Waals surface area contributed by atoms with E-state index in [1.54, 1.807) is 0 Å². The molecule has 0 aromatic heterocycles. The van der Waals surface area contributed by atoms with Gasteiger partial charge in [0.15, 0.2) is 0 Å². The second-order valence-corrected chi connectivity index (χ2v) is 8.37. The Bertz CT molecular complexity index is 547. The molecule has 1 aliphatic carbocycles. The molecule has 26 heavy (non-hydrogen) atoms. The largest absolute Gasteiger partial charge is 0.378 e. The first-order valence-corrected chi connectivity index (χ1v) is 9.87. The van der Waals surface area contributed by atoms with Crippen LogP contribution in [0.2, 0.25) is 0 Å². The quantitative estimate of drug-likeness (QED) is 0.787. The minimum atomic E-state index is -0.906. The topological polar surface area (TPSA) is 85.1 Å². The molecule has 3 unspecified atom stereocenters. The van der Waals surface area contributed by atoms with Crippen LogP contribution in [0.4, 0.5) is 0 Å². The van der Waals surface area contributed by atoms with Crippen LogP contribution in [0, 0.1) is 11.3 Å². The average Bonchev–Trinajstić information content (AvgIpc) is 2.67. The van der Waals surface area contributed by atoms with Crippen molar-refractivity contribution in [2.24, 2.45) is 17.1 Å². The van der Waals surface area contributed by atoms with Crippen molar-refractivity contribution < 1.29 is 19.1 Å². The third-order valence-electron chi connectivity index (χ3n) is 6.59. The van der Waals surface area contributed by atoms with Crippen molar-refractivity contribution in [1.29, 1.82) is 0 Å². The Balaban J connectivity index is 1.64. The molecular formula is C19H33N3O4. The predicted octanol–water partition coefficient (Wildman–Crippen LogP) is 0.616. The van der Waals surface area contributed by atoms with Crippen LogP contribution in [-0.4, -0.2) is 79.3 Å². The Hall–Kier alpha value is -1.18. The van der Waals surface area contributed by atoms with Gasteiger partial charge in [0, 0.05) is 44.6 Å². The van der Waals surface area contributed by atoms with Crippen molar-refractivity contribution in [3.05, 3.63) is 0 Å². The van der Waals surface area contributed by atoms with Crippen molar-refractivity contribution in [3.63, 3.8) is 0 Å². The number of nitrogens with two attached hydrogens (primary N) is 1. The van der Waals surface area contributed by atoms with Crippen molar-refractivity contribution in [1.82, 2.24) is 9.80 Å². The molecule has 7 heteroatoms. The van der Waals surface area contributed by atoms with Crippen molar-refractivity contribution >= 4 is 11.8 Å². The molecule has 3 rings (SSSR count). The highest BCUT2D eigenvalue weighted by atomic mass is 16.5. The third-order valence-corrected chi connectivity index (χ3v) is 6.59. The van der Waals surface area contributed by atoms with E-state index < -0.39 is 11.0 Å². The number of carbonyl (C=O) groups excluding carboxylic acids is 2. The molecule has 0 spiro atoms. The second kappa shape index (κ2) is 7.44. The zero-order valence-corrected chi connectivity index (χ0v) is 16.3. The van der Waals surface area contributed by atoms with Gasteiger partial charge in [-0.15, -0.1) is 0 Å². The normalized spacial score (nSPS) is 34.3. The molecule has 7 nitrogen and oxygen atoms in total. The van der Waals surface area contributed by atoms with Crippen LogP contribution in [0.1, 0.15) is 40.0 Å². The number of hydrogen-bond donors (Lipinski definition) is 1. The number of amides is 2. The Morgan fingerprint density at radius 2 is 1.88 bits per heavy atom. The standard InChI is InChI=1S/C19H33N3O4/c1-4-26-15-12-19(20,18(15,2)3)17(24)22-7-5-6-14(13-22)16(23)21-8-10-25-11-9-21/h14-15H,4-13,20H2,1-3H3. The molecule has 148 valence electrons. The van der Waals surface area contributed by atoms with Crippen LogP contribution in [0.5, 0.6) is 0 Å². The highest BCUT2D eigenvalue weighted by Gasteiger charge is 2.63. The molecular weight excluding hydrogens is 334 g/mol. The van der Waals surface area contributed by atoms with E-state index in [4.69, 9.17) is 15.2 Å². The number of hydrogen-bond acceptors (Lipinski definition) is 5. The molecule has 0 bridgehead atoms. The van der Waals surface area contributed by atoms with Gasteiger partial charge in [0.05, 0.1) is 25.2 Å². The smallest absolute Gasteiger partial charge is 0.243 e. The van der Waals surface area contributed by atoms with Crippen LogP contribution in [0.25, 0.3) is 0 Å². The first-order valence-electron chi connectivity index (χ1n) is 9.87. The summed E-state index contributed by atoms with van der Waals surface area (Å²) in [4.78, 5) is 29.7. The van der Waals surface area contributed by atoms with Crippen molar-refractivity contribution in [3.8, 4) is 0 Å². The third kappa shape index (κ3) is 3.25. The van der Waals surface area contributed by atoms with Gasteiger partial charge in [-0.3, -0.25) is 9.59 Å². The highest BCUT2D eigenvalue weighted by Crippen LogP contribution is 2.50. The van der Waals surface area contributed by atoms with E-state index in [0.717, 1.165) is 12.8 Å².